The van der Waals surface area contributed by atoms with Gasteiger partial charge in [-0.25, -0.2) is 18.7 Å². The molecular weight excluding hydrogens is 1250 g/mol. The third-order valence-corrected chi connectivity index (χ3v) is 19.3. The summed E-state index contributed by atoms with van der Waals surface area (Å²) in [6.07, 6.45) is 42.5. The van der Waals surface area contributed by atoms with E-state index in [0.29, 0.717) is 104 Å². The fourth-order valence-electron chi connectivity index (χ4n) is 14.0. The molecule has 4 heterocycles. The summed E-state index contributed by atoms with van der Waals surface area (Å²) in [6.45, 7) is 14.4. The fraction of sp³-hybridized carbons (Fsp3) is 0.600. The summed E-state index contributed by atoms with van der Waals surface area (Å²) in [4.78, 5) is 0. The Morgan fingerprint density at radius 2 is 0.450 bits per heavy atom. The molecule has 100 heavy (non-hydrogen) atoms. The van der Waals surface area contributed by atoms with E-state index < -0.39 is 0 Å². The number of hydrogen-bond donors (Lipinski definition) is 4. The zero-order valence-corrected chi connectivity index (χ0v) is 61.3. The van der Waals surface area contributed by atoms with Gasteiger partial charge in [-0.05, 0) is 141 Å². The van der Waals surface area contributed by atoms with Crippen LogP contribution in [0, 0.1) is 0 Å². The van der Waals surface area contributed by atoms with Crippen molar-refractivity contribution in [3.8, 4) is 23.0 Å². The van der Waals surface area contributed by atoms with Crippen LogP contribution in [0.1, 0.15) is 297 Å². The lowest BCUT2D eigenvalue weighted by Crippen LogP contribution is -2.13. The van der Waals surface area contributed by atoms with Gasteiger partial charge in [-0.2, -0.15) is 0 Å². The summed E-state index contributed by atoms with van der Waals surface area (Å²) < 4.78 is 37.4. The maximum absolute atomic E-state index is 7.44. The number of benzene rings is 4. The lowest BCUT2D eigenvalue weighted by atomic mass is 9.88. The largest absolute Gasteiger partial charge is 0.493 e. The van der Waals surface area contributed by atoms with E-state index in [1.165, 1.54) is 128 Å². The second-order valence-corrected chi connectivity index (χ2v) is 28.0. The highest BCUT2D eigenvalue weighted by molar-refractivity contribution is 5.59. The van der Waals surface area contributed by atoms with Gasteiger partial charge in [0.05, 0.1) is 100 Å². The number of unbranched alkanes of at least 4 members (excludes halogenated alkanes) is 24. The van der Waals surface area contributed by atoms with Crippen LogP contribution < -0.4 is 41.9 Å². The van der Waals surface area contributed by atoms with Crippen molar-refractivity contribution in [2.24, 2.45) is 22.9 Å². The third-order valence-electron chi connectivity index (χ3n) is 19.3. The van der Waals surface area contributed by atoms with Crippen LogP contribution in [-0.2, 0) is 78.0 Å². The normalized spacial score (nSPS) is 12.2. The van der Waals surface area contributed by atoms with E-state index in [9.17, 15) is 0 Å². The van der Waals surface area contributed by atoms with Crippen molar-refractivity contribution in [3.05, 3.63) is 163 Å². The van der Waals surface area contributed by atoms with Crippen molar-refractivity contribution >= 4 is 0 Å². The molecule has 8 aromatic rings. The Labute approximate surface area is 596 Å². The molecule has 0 atom stereocenters. The maximum atomic E-state index is 7.44. The van der Waals surface area contributed by atoms with Gasteiger partial charge >= 0.3 is 0 Å². The maximum Gasteiger partial charge on any atom is 0.126 e. The Hall–Kier alpha value is -7.52. The summed E-state index contributed by atoms with van der Waals surface area (Å²) in [5.74, 6) is 3.53. The van der Waals surface area contributed by atoms with Gasteiger partial charge in [-0.15, -0.1) is 20.4 Å². The van der Waals surface area contributed by atoms with Gasteiger partial charge in [-0.1, -0.05) is 203 Å². The van der Waals surface area contributed by atoms with Gasteiger partial charge in [0.1, 0.15) is 23.0 Å². The van der Waals surface area contributed by atoms with E-state index in [4.69, 9.17) is 41.9 Å². The average molecular weight is 1370 g/mol. The molecule has 8 N–H and O–H groups in total. The van der Waals surface area contributed by atoms with Crippen molar-refractivity contribution in [2.75, 3.05) is 26.4 Å². The quantitative estimate of drug-likeness (QED) is 0.0258. The number of nitrogens with two attached hydrogens (primary N) is 4. The molecule has 8 bridgehead atoms. The number of ether oxygens (including phenoxy) is 4. The van der Waals surface area contributed by atoms with Crippen LogP contribution in [0.15, 0.2) is 73.3 Å². The van der Waals surface area contributed by atoms with Crippen molar-refractivity contribution in [1.82, 2.24) is 60.0 Å². The van der Waals surface area contributed by atoms with Gasteiger partial charge < -0.3 is 41.9 Å². The molecule has 1 aliphatic rings. The molecule has 0 saturated carbocycles. The molecule has 0 amide bonds. The molecule has 1 aliphatic carbocycles. The highest BCUT2D eigenvalue weighted by atomic mass is 16.5. The first kappa shape index (κ1) is 76.7. The number of rotatable bonds is 48. The minimum absolute atomic E-state index is 0.294. The standard InChI is InChI=1S/C80H120N16O4/c1-5-9-13-17-21-25-29-33-97-77-65-37-61(53-93-57-73(49-81)85-89-93)38-66(77)46-68-40-63(55-95-59-75(51-83)87-91-95)42-70(79(68)99-35-31-27-23-19-15-11-7-3)48-72-44-64(56-96-60-76(52-84)88-92-96)43-71(80(72)100-36-32-28-24-20-16-12-8-4)47-69-41-62(54-94-58-74(50-82)86-90-94)39-67(45-65)78(69)98-34-30-26-22-18-14-10-6-2/h37-44,57-60H,5-36,45-56,81-84H2,1-4H3. The monoisotopic (exact) mass is 1370 g/mol. The predicted molar refractivity (Wildman–Crippen MR) is 399 cm³/mol. The Bertz CT molecular complexity index is 3100. The van der Waals surface area contributed by atoms with Gasteiger partial charge in [-0.3, -0.25) is 0 Å². The van der Waals surface area contributed by atoms with Crippen LogP contribution in [0.4, 0.5) is 0 Å². The molecule has 544 valence electrons. The summed E-state index contributed by atoms with van der Waals surface area (Å²) in [6, 6.07) is 18.7. The summed E-state index contributed by atoms with van der Waals surface area (Å²) in [7, 11) is 0. The molecule has 9 rings (SSSR count). The molecule has 0 spiro atoms. The minimum Gasteiger partial charge on any atom is -0.493 e. The molecule has 0 radical (unpaired) electrons. The predicted octanol–water partition coefficient (Wildman–Crippen LogP) is 15.3. The Kier molecular flexibility index (Phi) is 32.7. The van der Waals surface area contributed by atoms with Gasteiger partial charge in [0.15, 0.2) is 0 Å². The van der Waals surface area contributed by atoms with Gasteiger partial charge in [0.2, 0.25) is 0 Å². The van der Waals surface area contributed by atoms with Crippen LogP contribution in [-0.4, -0.2) is 86.4 Å². The summed E-state index contributed by atoms with van der Waals surface area (Å²) >= 11 is 0. The molecule has 0 unspecified atom stereocenters. The smallest absolute Gasteiger partial charge is 0.126 e. The van der Waals surface area contributed by atoms with Crippen LogP contribution >= 0.6 is 0 Å². The van der Waals surface area contributed by atoms with Crippen molar-refractivity contribution in [3.63, 3.8) is 0 Å². The van der Waals surface area contributed by atoms with Crippen LogP contribution in [0.25, 0.3) is 0 Å². The Balaban J connectivity index is 1.30. The number of nitrogens with zero attached hydrogens (tertiary/aromatic N) is 12. The van der Waals surface area contributed by atoms with Crippen molar-refractivity contribution in [1.29, 1.82) is 0 Å². The van der Waals surface area contributed by atoms with E-state index in [0.717, 1.165) is 164 Å². The highest BCUT2D eigenvalue weighted by Gasteiger charge is 2.26. The third kappa shape index (κ3) is 24.4. The van der Waals surface area contributed by atoms with E-state index in [2.05, 4.69) is 117 Å². The lowest BCUT2D eigenvalue weighted by molar-refractivity contribution is 0.292. The van der Waals surface area contributed by atoms with Crippen molar-refractivity contribution in [2.45, 2.75) is 286 Å². The van der Waals surface area contributed by atoms with Crippen LogP contribution in [0.3, 0.4) is 0 Å². The fourth-order valence-corrected chi connectivity index (χ4v) is 14.0. The van der Waals surface area contributed by atoms with E-state index in [1.807, 2.05) is 43.5 Å². The second kappa shape index (κ2) is 42.7. The molecule has 0 fully saturated rings. The first-order valence-electron chi connectivity index (χ1n) is 38.7. The molecule has 20 heteroatoms. The molecule has 20 nitrogen and oxygen atoms in total. The Morgan fingerprint density at radius 1 is 0.270 bits per heavy atom. The number of fused-ring (bicyclic) bond motifs is 8. The molecule has 4 aromatic carbocycles. The van der Waals surface area contributed by atoms with Crippen LogP contribution in [0.5, 0.6) is 23.0 Å². The van der Waals surface area contributed by atoms with Crippen LogP contribution in [0.2, 0.25) is 0 Å². The highest BCUT2D eigenvalue weighted by Crippen LogP contribution is 2.42. The van der Waals surface area contributed by atoms with E-state index >= 15 is 0 Å². The van der Waals surface area contributed by atoms with E-state index in [-0.39, 0.29) is 0 Å². The van der Waals surface area contributed by atoms with E-state index in [1.54, 1.807) is 0 Å². The van der Waals surface area contributed by atoms with Gasteiger partial charge in [0.25, 0.3) is 0 Å². The number of aromatic nitrogens is 12. The first-order valence-corrected chi connectivity index (χ1v) is 38.7. The topological polar surface area (TPSA) is 264 Å². The number of hydrogen-bond acceptors (Lipinski definition) is 16. The SMILES string of the molecule is CCCCCCCCCOc1c2cc(Cn3cc(CN)nn3)cc1Cc1cc(Cn3cc(CN)nn3)cc(c1OCCCCCCCCC)Cc1cc(Cn3cc(CN)nn3)cc(c1OCCCCCCCCC)Cc1cc(Cn3cc(CN)nn3)cc(c1OCCCCCCCCC)C2. The first-order chi connectivity index (χ1) is 49.2. The minimum atomic E-state index is 0.294. The average Bonchev–Trinajstić information content (AvgIpc) is 0.787. The zero-order chi connectivity index (χ0) is 69.9. The summed E-state index contributed by atoms with van der Waals surface area (Å²) in [5, 5.41) is 36.3. The molecule has 0 aliphatic heterocycles. The second-order valence-electron chi connectivity index (χ2n) is 28.0. The summed E-state index contributed by atoms with van der Waals surface area (Å²) in [5.41, 5.74) is 40.4. The lowest BCUT2D eigenvalue weighted by Gasteiger charge is -2.25. The van der Waals surface area contributed by atoms with Gasteiger partial charge in [0, 0.05) is 51.9 Å². The molecule has 0 saturated heterocycles. The molecule has 4 aromatic heterocycles. The Morgan fingerprint density at radius 3 is 0.620 bits per heavy atom. The molecular formula is C80H120N16O4. The van der Waals surface area contributed by atoms with Crippen molar-refractivity contribution < 1.29 is 18.9 Å². The zero-order valence-electron chi connectivity index (χ0n) is 61.3.